The highest BCUT2D eigenvalue weighted by Gasteiger charge is 2.36. The van der Waals surface area contributed by atoms with Crippen molar-refractivity contribution in [3.05, 3.63) is 82.9 Å². The third-order valence-electron chi connectivity index (χ3n) is 5.45. The van der Waals surface area contributed by atoms with Gasteiger partial charge in [0.05, 0.1) is 29.9 Å². The molecule has 1 aliphatic heterocycles. The molecule has 9 nitrogen and oxygen atoms in total. The standard InChI is InChI=1S/C26H25FN2O7/c1-3-33-25(31)23-19(28-26(32)29-24(23)21-11-8-15(2)35-21)14-34-22(30)13-10-16-9-12-20(36-16)17-6-4-5-7-18(17)27/h4-9,11-12,24H,3,10,13-14H2,1-2H3,(H2,28,29,32)/t24-/m1/s1. The summed E-state index contributed by atoms with van der Waals surface area (Å²) in [6.07, 6.45) is 0.193. The molecule has 0 unspecified atom stereocenters. The summed E-state index contributed by atoms with van der Waals surface area (Å²) in [6.45, 7) is 3.16. The number of carbonyl (C=O) groups is 3. The van der Waals surface area contributed by atoms with Crippen LogP contribution in [-0.4, -0.2) is 31.2 Å². The molecule has 0 spiro atoms. The summed E-state index contributed by atoms with van der Waals surface area (Å²) in [7, 11) is 0. The summed E-state index contributed by atoms with van der Waals surface area (Å²) in [6, 6.07) is 11.4. The number of hydrogen-bond donors (Lipinski definition) is 2. The van der Waals surface area contributed by atoms with Crippen LogP contribution in [0, 0.1) is 12.7 Å². The van der Waals surface area contributed by atoms with Crippen molar-refractivity contribution in [1.29, 1.82) is 0 Å². The Balaban J connectivity index is 1.43. The molecule has 0 aliphatic carbocycles. The van der Waals surface area contributed by atoms with Gasteiger partial charge in [0.2, 0.25) is 0 Å². The zero-order valence-corrected chi connectivity index (χ0v) is 19.8. The fraction of sp³-hybridized carbons (Fsp3) is 0.269. The molecule has 2 aromatic heterocycles. The van der Waals surface area contributed by atoms with E-state index in [0.717, 1.165) is 0 Å². The lowest BCUT2D eigenvalue weighted by Gasteiger charge is -2.27. The second kappa shape index (κ2) is 10.9. The summed E-state index contributed by atoms with van der Waals surface area (Å²) >= 11 is 0. The number of aryl methyl sites for hydroxylation is 2. The topological polar surface area (TPSA) is 120 Å². The maximum absolute atomic E-state index is 14.0. The fourth-order valence-electron chi connectivity index (χ4n) is 3.77. The normalized spacial score (nSPS) is 15.3. The molecule has 2 N–H and O–H groups in total. The number of carbonyl (C=O) groups excluding carboxylic acids is 3. The molecule has 10 heteroatoms. The van der Waals surface area contributed by atoms with Gasteiger partial charge >= 0.3 is 18.0 Å². The molecule has 1 atom stereocenters. The summed E-state index contributed by atoms with van der Waals surface area (Å²) in [5.74, 6) is 0.134. The van der Waals surface area contributed by atoms with Crippen LogP contribution in [0.25, 0.3) is 11.3 Å². The van der Waals surface area contributed by atoms with Gasteiger partial charge in [0.25, 0.3) is 0 Å². The molecule has 3 aromatic rings. The quantitative estimate of drug-likeness (QED) is 0.423. The molecule has 0 radical (unpaired) electrons. The summed E-state index contributed by atoms with van der Waals surface area (Å²) in [4.78, 5) is 37.4. The second-order valence-corrected chi connectivity index (χ2v) is 8.00. The van der Waals surface area contributed by atoms with Crippen LogP contribution in [-0.2, 0) is 25.5 Å². The molecule has 0 bridgehead atoms. The molecule has 0 saturated carbocycles. The van der Waals surface area contributed by atoms with Crippen molar-refractivity contribution in [2.24, 2.45) is 0 Å². The number of furan rings is 2. The highest BCUT2D eigenvalue weighted by molar-refractivity contribution is 5.95. The number of benzene rings is 1. The fourth-order valence-corrected chi connectivity index (χ4v) is 3.77. The van der Waals surface area contributed by atoms with Gasteiger partial charge in [-0.3, -0.25) is 4.79 Å². The van der Waals surface area contributed by atoms with Gasteiger partial charge in [-0.05, 0) is 50.2 Å². The predicted molar refractivity (Wildman–Crippen MR) is 125 cm³/mol. The first kappa shape index (κ1) is 24.8. The van der Waals surface area contributed by atoms with Crippen LogP contribution in [0.2, 0.25) is 0 Å². The van der Waals surface area contributed by atoms with Crippen molar-refractivity contribution in [3.63, 3.8) is 0 Å². The van der Waals surface area contributed by atoms with Gasteiger partial charge in [-0.1, -0.05) is 12.1 Å². The highest BCUT2D eigenvalue weighted by atomic mass is 19.1. The lowest BCUT2D eigenvalue weighted by atomic mass is 10.0. The monoisotopic (exact) mass is 496 g/mol. The first-order valence-corrected chi connectivity index (χ1v) is 11.4. The minimum atomic E-state index is -0.903. The first-order chi connectivity index (χ1) is 17.4. The molecule has 2 amide bonds. The molecule has 36 heavy (non-hydrogen) atoms. The molecule has 188 valence electrons. The van der Waals surface area contributed by atoms with Crippen LogP contribution in [0.15, 0.2) is 68.6 Å². The van der Waals surface area contributed by atoms with E-state index >= 15 is 0 Å². The zero-order chi connectivity index (χ0) is 25.7. The molecule has 4 rings (SSSR count). The first-order valence-electron chi connectivity index (χ1n) is 11.4. The van der Waals surface area contributed by atoms with E-state index < -0.39 is 29.8 Å². The number of rotatable bonds is 9. The lowest BCUT2D eigenvalue weighted by molar-refractivity contribution is -0.143. The van der Waals surface area contributed by atoms with Crippen molar-refractivity contribution < 1.29 is 37.1 Å². The number of amides is 2. The minimum Gasteiger partial charge on any atom is -0.464 e. The molecular formula is C26H25FN2O7. The highest BCUT2D eigenvalue weighted by Crippen LogP contribution is 2.29. The summed E-state index contributed by atoms with van der Waals surface area (Å²) in [5, 5.41) is 5.16. The Kier molecular flexibility index (Phi) is 7.53. The molecule has 1 aliphatic rings. The average molecular weight is 496 g/mol. The van der Waals surface area contributed by atoms with E-state index in [2.05, 4.69) is 10.6 Å². The van der Waals surface area contributed by atoms with Gasteiger partial charge in [-0.25, -0.2) is 14.0 Å². The number of nitrogens with one attached hydrogen (secondary N) is 2. The number of hydrogen-bond acceptors (Lipinski definition) is 7. The Morgan fingerprint density at radius 3 is 2.58 bits per heavy atom. The van der Waals surface area contributed by atoms with Gasteiger partial charge in [-0.2, -0.15) is 0 Å². The van der Waals surface area contributed by atoms with Gasteiger partial charge in [0.15, 0.2) is 0 Å². The van der Waals surface area contributed by atoms with Crippen LogP contribution in [0.1, 0.15) is 36.7 Å². The SMILES string of the molecule is CCOC(=O)C1=C(COC(=O)CCc2ccc(-c3ccccc3F)o2)NC(=O)N[C@@H]1c1ccc(C)o1. The van der Waals surface area contributed by atoms with E-state index in [0.29, 0.717) is 28.6 Å². The van der Waals surface area contributed by atoms with E-state index in [-0.39, 0.29) is 37.3 Å². The van der Waals surface area contributed by atoms with Crippen LogP contribution in [0.5, 0.6) is 0 Å². The van der Waals surface area contributed by atoms with Gasteiger partial charge < -0.3 is 28.9 Å². The molecule has 0 saturated heterocycles. The second-order valence-electron chi connectivity index (χ2n) is 8.00. The number of urea groups is 1. The van der Waals surface area contributed by atoms with Crippen molar-refractivity contribution in [3.8, 4) is 11.3 Å². The number of ether oxygens (including phenoxy) is 2. The van der Waals surface area contributed by atoms with Crippen molar-refractivity contribution in [2.75, 3.05) is 13.2 Å². The van der Waals surface area contributed by atoms with Gasteiger partial charge in [0.1, 0.15) is 41.5 Å². The van der Waals surface area contributed by atoms with Crippen molar-refractivity contribution in [2.45, 2.75) is 32.7 Å². The summed E-state index contributed by atoms with van der Waals surface area (Å²) < 4.78 is 35.7. The Labute approximate surface area is 206 Å². The van der Waals surface area contributed by atoms with Crippen LogP contribution in [0.4, 0.5) is 9.18 Å². The molecule has 1 aromatic carbocycles. The van der Waals surface area contributed by atoms with E-state index in [1.165, 1.54) is 6.07 Å². The summed E-state index contributed by atoms with van der Waals surface area (Å²) in [5.41, 5.74) is 0.510. The Morgan fingerprint density at radius 1 is 1.06 bits per heavy atom. The predicted octanol–water partition coefficient (Wildman–Crippen LogP) is 4.33. The van der Waals surface area contributed by atoms with Crippen molar-refractivity contribution in [1.82, 2.24) is 10.6 Å². The molecule has 3 heterocycles. The Morgan fingerprint density at radius 2 is 1.86 bits per heavy atom. The maximum atomic E-state index is 14.0. The van der Waals surface area contributed by atoms with Crippen molar-refractivity contribution >= 4 is 18.0 Å². The maximum Gasteiger partial charge on any atom is 0.338 e. The van der Waals surface area contributed by atoms with E-state index in [1.807, 2.05) is 0 Å². The van der Waals surface area contributed by atoms with Crippen LogP contribution < -0.4 is 10.6 Å². The average Bonchev–Trinajstić information content (AvgIpc) is 3.50. The smallest absolute Gasteiger partial charge is 0.338 e. The Bertz CT molecular complexity index is 1310. The van der Waals surface area contributed by atoms with Crippen LogP contribution >= 0.6 is 0 Å². The molecular weight excluding hydrogens is 471 g/mol. The van der Waals surface area contributed by atoms with Crippen LogP contribution in [0.3, 0.4) is 0 Å². The van der Waals surface area contributed by atoms with Gasteiger partial charge in [0, 0.05) is 6.42 Å². The minimum absolute atomic E-state index is 0.0285. The third-order valence-corrected chi connectivity index (χ3v) is 5.45. The molecule has 0 fully saturated rings. The number of halogens is 1. The van der Waals surface area contributed by atoms with Gasteiger partial charge in [-0.15, -0.1) is 0 Å². The zero-order valence-electron chi connectivity index (χ0n) is 19.8. The number of esters is 2. The largest absolute Gasteiger partial charge is 0.464 e. The third kappa shape index (κ3) is 5.65. The lowest BCUT2D eigenvalue weighted by Crippen LogP contribution is -2.47. The Hall–Kier alpha value is -4.34. The van der Waals surface area contributed by atoms with E-state index in [4.69, 9.17) is 18.3 Å². The van der Waals surface area contributed by atoms with E-state index in [1.54, 1.807) is 56.3 Å². The van der Waals surface area contributed by atoms with E-state index in [9.17, 15) is 18.8 Å².